The largest absolute Gasteiger partial charge is 0.349 e. The SMILES string of the molecule is CC(C)=C(C)C(=O)N[C@H](C)CN.Cl. The van der Waals surface area contributed by atoms with Crippen LogP contribution in [0.15, 0.2) is 11.1 Å². The maximum atomic E-state index is 11.3. The van der Waals surface area contributed by atoms with Crippen molar-refractivity contribution in [3.05, 3.63) is 11.1 Å². The number of carbonyl (C=O) groups is 1. The van der Waals surface area contributed by atoms with Crippen LogP contribution in [0.5, 0.6) is 0 Å². The first kappa shape index (κ1) is 15.0. The molecule has 0 aromatic carbocycles. The van der Waals surface area contributed by atoms with Gasteiger partial charge in [-0.2, -0.15) is 0 Å². The van der Waals surface area contributed by atoms with Gasteiger partial charge in [0.1, 0.15) is 0 Å². The molecule has 0 aliphatic carbocycles. The summed E-state index contributed by atoms with van der Waals surface area (Å²) in [6.45, 7) is 8.01. The maximum Gasteiger partial charge on any atom is 0.247 e. The van der Waals surface area contributed by atoms with Crippen molar-refractivity contribution in [1.82, 2.24) is 5.32 Å². The van der Waals surface area contributed by atoms with Crippen LogP contribution in [0.4, 0.5) is 0 Å². The number of rotatable bonds is 3. The summed E-state index contributed by atoms with van der Waals surface area (Å²) in [6.07, 6.45) is 0. The smallest absolute Gasteiger partial charge is 0.247 e. The number of hydrogen-bond donors (Lipinski definition) is 2. The van der Waals surface area contributed by atoms with E-state index in [-0.39, 0.29) is 24.4 Å². The molecule has 0 spiro atoms. The molecule has 0 aliphatic heterocycles. The van der Waals surface area contributed by atoms with Crippen molar-refractivity contribution < 1.29 is 4.79 Å². The minimum atomic E-state index is -0.0204. The average molecular weight is 207 g/mol. The second kappa shape index (κ2) is 6.92. The molecule has 78 valence electrons. The van der Waals surface area contributed by atoms with Crippen LogP contribution in [0.1, 0.15) is 27.7 Å². The Kier molecular flexibility index (Phi) is 7.96. The lowest BCUT2D eigenvalue weighted by Gasteiger charge is -2.11. The highest BCUT2D eigenvalue weighted by molar-refractivity contribution is 5.93. The summed E-state index contributed by atoms with van der Waals surface area (Å²) >= 11 is 0. The molecule has 3 N–H and O–H groups in total. The number of nitrogens with one attached hydrogen (secondary N) is 1. The number of allylic oxidation sites excluding steroid dienone is 1. The third kappa shape index (κ3) is 5.66. The van der Waals surface area contributed by atoms with Gasteiger partial charge in [-0.05, 0) is 27.7 Å². The first-order chi connectivity index (χ1) is 5.49. The fourth-order valence-electron chi connectivity index (χ4n) is 0.618. The highest BCUT2D eigenvalue weighted by atomic mass is 35.5. The summed E-state index contributed by atoms with van der Waals surface area (Å²) in [6, 6.07) is 0.0480. The molecule has 0 saturated carbocycles. The fraction of sp³-hybridized carbons (Fsp3) is 0.667. The van der Waals surface area contributed by atoms with Crippen LogP contribution in [-0.4, -0.2) is 18.5 Å². The third-order valence-electron chi connectivity index (χ3n) is 1.82. The zero-order valence-corrected chi connectivity index (χ0v) is 9.49. The van der Waals surface area contributed by atoms with Crippen molar-refractivity contribution in [3.63, 3.8) is 0 Å². The lowest BCUT2D eigenvalue weighted by molar-refractivity contribution is -0.118. The van der Waals surface area contributed by atoms with Crippen molar-refractivity contribution in [2.75, 3.05) is 6.54 Å². The van der Waals surface area contributed by atoms with Gasteiger partial charge in [0.05, 0.1) is 0 Å². The van der Waals surface area contributed by atoms with E-state index in [4.69, 9.17) is 5.73 Å². The van der Waals surface area contributed by atoms with Gasteiger partial charge in [0.25, 0.3) is 0 Å². The van der Waals surface area contributed by atoms with E-state index in [0.717, 1.165) is 11.1 Å². The van der Waals surface area contributed by atoms with Gasteiger partial charge in [-0.15, -0.1) is 12.4 Å². The first-order valence-electron chi connectivity index (χ1n) is 4.14. The molecule has 0 aromatic heterocycles. The van der Waals surface area contributed by atoms with Crippen molar-refractivity contribution in [3.8, 4) is 0 Å². The second-order valence-corrected chi connectivity index (χ2v) is 3.24. The van der Waals surface area contributed by atoms with Crippen LogP contribution in [0.3, 0.4) is 0 Å². The Morgan fingerprint density at radius 2 is 1.85 bits per heavy atom. The predicted octanol–water partition coefficient (Wildman–Crippen LogP) is 1.23. The molecule has 0 bridgehead atoms. The molecule has 1 amide bonds. The van der Waals surface area contributed by atoms with E-state index < -0.39 is 0 Å². The van der Waals surface area contributed by atoms with Gasteiger partial charge >= 0.3 is 0 Å². The number of hydrogen-bond acceptors (Lipinski definition) is 2. The zero-order chi connectivity index (χ0) is 9.72. The summed E-state index contributed by atoms with van der Waals surface area (Å²) in [4.78, 5) is 11.3. The molecule has 0 aromatic rings. The van der Waals surface area contributed by atoms with Crippen LogP contribution in [0.25, 0.3) is 0 Å². The molecule has 1 atom stereocenters. The van der Waals surface area contributed by atoms with E-state index in [1.807, 2.05) is 27.7 Å². The molecule has 13 heavy (non-hydrogen) atoms. The summed E-state index contributed by atoms with van der Waals surface area (Å²) < 4.78 is 0. The van der Waals surface area contributed by atoms with Crippen LogP contribution < -0.4 is 11.1 Å². The Labute approximate surface area is 86.2 Å². The molecule has 0 heterocycles. The van der Waals surface area contributed by atoms with E-state index in [2.05, 4.69) is 5.32 Å². The quantitative estimate of drug-likeness (QED) is 0.683. The molecule has 0 fully saturated rings. The monoisotopic (exact) mass is 206 g/mol. The number of halogens is 1. The Balaban J connectivity index is 0. The van der Waals surface area contributed by atoms with Gasteiger partial charge in [0, 0.05) is 18.2 Å². The number of carbonyl (C=O) groups excluding carboxylic acids is 1. The Bertz CT molecular complexity index is 198. The minimum absolute atomic E-state index is 0. The fourth-order valence-corrected chi connectivity index (χ4v) is 0.618. The summed E-state index contributed by atoms with van der Waals surface area (Å²) in [5, 5.41) is 2.79. The van der Waals surface area contributed by atoms with E-state index >= 15 is 0 Å². The lowest BCUT2D eigenvalue weighted by atomic mass is 10.1. The second-order valence-electron chi connectivity index (χ2n) is 3.24. The van der Waals surface area contributed by atoms with E-state index in [0.29, 0.717) is 6.54 Å². The summed E-state index contributed by atoms with van der Waals surface area (Å²) in [7, 11) is 0. The topological polar surface area (TPSA) is 55.1 Å². The van der Waals surface area contributed by atoms with E-state index in [9.17, 15) is 4.79 Å². The van der Waals surface area contributed by atoms with Crippen LogP contribution in [0.2, 0.25) is 0 Å². The zero-order valence-electron chi connectivity index (χ0n) is 8.68. The molecule has 4 heteroatoms. The standard InChI is InChI=1S/C9H18N2O.ClH/c1-6(2)8(4)9(12)11-7(3)5-10;/h7H,5,10H2,1-4H3,(H,11,12);1H/t7-;/m1./s1. The molecule has 3 nitrogen and oxygen atoms in total. The van der Waals surface area contributed by atoms with Gasteiger partial charge in [-0.1, -0.05) is 5.57 Å². The molecule has 0 rings (SSSR count). The summed E-state index contributed by atoms with van der Waals surface area (Å²) in [5.74, 6) is -0.0204. The van der Waals surface area contributed by atoms with Crippen molar-refractivity contribution in [1.29, 1.82) is 0 Å². The molecular formula is C9H19ClN2O. The molecule has 0 radical (unpaired) electrons. The highest BCUT2D eigenvalue weighted by Gasteiger charge is 2.07. The van der Waals surface area contributed by atoms with Gasteiger partial charge in [-0.3, -0.25) is 4.79 Å². The minimum Gasteiger partial charge on any atom is -0.349 e. The Hall–Kier alpha value is -0.540. The van der Waals surface area contributed by atoms with Crippen LogP contribution in [-0.2, 0) is 4.79 Å². The predicted molar refractivity (Wildman–Crippen MR) is 58.0 cm³/mol. The Morgan fingerprint density at radius 1 is 1.38 bits per heavy atom. The average Bonchev–Trinajstić information content (AvgIpc) is 2.02. The molecule has 0 aliphatic rings. The first-order valence-corrected chi connectivity index (χ1v) is 4.14. The van der Waals surface area contributed by atoms with Crippen LogP contribution in [0, 0.1) is 0 Å². The van der Waals surface area contributed by atoms with E-state index in [1.165, 1.54) is 0 Å². The van der Waals surface area contributed by atoms with Gasteiger partial charge < -0.3 is 11.1 Å². The van der Waals surface area contributed by atoms with Crippen molar-refractivity contribution in [2.45, 2.75) is 33.7 Å². The van der Waals surface area contributed by atoms with Gasteiger partial charge in [0.2, 0.25) is 5.91 Å². The molecule has 0 unspecified atom stereocenters. The van der Waals surface area contributed by atoms with Gasteiger partial charge in [0.15, 0.2) is 0 Å². The Morgan fingerprint density at radius 3 is 2.15 bits per heavy atom. The maximum absolute atomic E-state index is 11.3. The normalized spacial score (nSPS) is 11.2. The van der Waals surface area contributed by atoms with Crippen molar-refractivity contribution >= 4 is 18.3 Å². The molecule has 0 saturated heterocycles. The number of nitrogens with two attached hydrogens (primary N) is 1. The van der Waals surface area contributed by atoms with E-state index in [1.54, 1.807) is 0 Å². The highest BCUT2D eigenvalue weighted by Crippen LogP contribution is 2.01. The lowest BCUT2D eigenvalue weighted by Crippen LogP contribution is -2.38. The number of amides is 1. The molecular weight excluding hydrogens is 188 g/mol. The summed E-state index contributed by atoms with van der Waals surface area (Å²) in [5.41, 5.74) is 7.18. The van der Waals surface area contributed by atoms with Crippen molar-refractivity contribution in [2.24, 2.45) is 5.73 Å². The van der Waals surface area contributed by atoms with Crippen LogP contribution >= 0.6 is 12.4 Å². The third-order valence-corrected chi connectivity index (χ3v) is 1.82. The van der Waals surface area contributed by atoms with Gasteiger partial charge in [-0.25, -0.2) is 0 Å².